The van der Waals surface area contributed by atoms with Crippen molar-refractivity contribution in [3.63, 3.8) is 0 Å². The first-order valence-electron chi connectivity index (χ1n) is 6.27. The van der Waals surface area contributed by atoms with Gasteiger partial charge >= 0.3 is 0 Å². The molecule has 1 aromatic carbocycles. The van der Waals surface area contributed by atoms with Crippen LogP contribution in [0.15, 0.2) is 24.3 Å². The Hall–Kier alpha value is -1.15. The molecule has 1 atom stereocenters. The predicted molar refractivity (Wildman–Crippen MR) is 78.6 cm³/mol. The second-order valence-electron chi connectivity index (χ2n) is 5.06. The van der Waals surface area contributed by atoms with Crippen molar-refractivity contribution < 1.29 is 18.3 Å². The van der Waals surface area contributed by atoms with Gasteiger partial charge in [0.15, 0.2) is 0 Å². The number of nitrogens with one attached hydrogen (secondary N) is 1. The van der Waals surface area contributed by atoms with E-state index in [9.17, 15) is 13.5 Å². The summed E-state index contributed by atoms with van der Waals surface area (Å²) in [6, 6.07) is 6.63. The minimum atomic E-state index is -3.50. The Balaban J connectivity index is 2.55. The van der Waals surface area contributed by atoms with Crippen LogP contribution in [0.3, 0.4) is 0 Å². The summed E-state index contributed by atoms with van der Waals surface area (Å²) < 4.78 is 31.1. The Morgan fingerprint density at radius 3 is 2.50 bits per heavy atom. The molecular weight excluding hydrogens is 280 g/mol. The van der Waals surface area contributed by atoms with E-state index in [4.69, 9.17) is 10.5 Å². The van der Waals surface area contributed by atoms with Crippen LogP contribution in [0.25, 0.3) is 0 Å². The van der Waals surface area contributed by atoms with Crippen molar-refractivity contribution in [3.05, 3.63) is 29.8 Å². The van der Waals surface area contributed by atoms with Gasteiger partial charge in [0.05, 0.1) is 11.4 Å². The first kappa shape index (κ1) is 16.9. The second-order valence-corrected chi connectivity index (χ2v) is 6.87. The van der Waals surface area contributed by atoms with E-state index in [2.05, 4.69) is 4.72 Å². The zero-order chi connectivity index (χ0) is 15.2. The highest BCUT2D eigenvalue weighted by atomic mass is 32.2. The van der Waals surface area contributed by atoms with Gasteiger partial charge in [-0.1, -0.05) is 12.1 Å². The number of hydrogen-bond donors (Lipinski definition) is 3. The van der Waals surface area contributed by atoms with E-state index in [-0.39, 0.29) is 12.3 Å². The molecule has 0 aliphatic heterocycles. The lowest BCUT2D eigenvalue weighted by Gasteiger charge is -2.23. The Morgan fingerprint density at radius 2 is 1.95 bits per heavy atom. The highest BCUT2D eigenvalue weighted by Gasteiger charge is 2.23. The number of sulfonamides is 1. The van der Waals surface area contributed by atoms with E-state index in [1.807, 2.05) is 0 Å². The minimum Gasteiger partial charge on any atom is -0.399 e. The molecule has 7 heteroatoms. The van der Waals surface area contributed by atoms with Gasteiger partial charge < -0.3 is 15.6 Å². The molecule has 1 unspecified atom stereocenters. The maximum atomic E-state index is 11.9. The third-order valence-electron chi connectivity index (χ3n) is 2.85. The maximum Gasteiger partial charge on any atom is 0.215 e. The van der Waals surface area contributed by atoms with Crippen molar-refractivity contribution >= 4 is 15.7 Å². The minimum absolute atomic E-state index is 0.0480. The Morgan fingerprint density at radius 1 is 1.35 bits per heavy atom. The van der Waals surface area contributed by atoms with Gasteiger partial charge in [-0.25, -0.2) is 13.1 Å². The third-order valence-corrected chi connectivity index (χ3v) is 4.15. The SMILES string of the molecule is COCCC(C)(O)CNS(=O)(=O)Cc1ccc(N)cc1. The molecule has 0 bridgehead atoms. The topological polar surface area (TPSA) is 102 Å². The zero-order valence-corrected chi connectivity index (χ0v) is 12.6. The van der Waals surface area contributed by atoms with Crippen molar-refractivity contribution in [1.82, 2.24) is 4.72 Å². The molecule has 0 aromatic heterocycles. The smallest absolute Gasteiger partial charge is 0.215 e. The number of methoxy groups -OCH3 is 1. The van der Waals surface area contributed by atoms with E-state index in [0.717, 1.165) is 0 Å². The van der Waals surface area contributed by atoms with E-state index >= 15 is 0 Å². The summed E-state index contributed by atoms with van der Waals surface area (Å²) in [6.07, 6.45) is 0.355. The summed E-state index contributed by atoms with van der Waals surface area (Å²) in [5, 5.41) is 9.99. The molecule has 114 valence electrons. The first-order chi connectivity index (χ1) is 9.24. The molecule has 0 fully saturated rings. The molecule has 0 saturated heterocycles. The van der Waals surface area contributed by atoms with Crippen LogP contribution in [0.5, 0.6) is 0 Å². The molecule has 20 heavy (non-hydrogen) atoms. The highest BCUT2D eigenvalue weighted by Crippen LogP contribution is 2.11. The summed E-state index contributed by atoms with van der Waals surface area (Å²) in [6.45, 7) is 1.89. The number of anilines is 1. The molecule has 4 N–H and O–H groups in total. The summed E-state index contributed by atoms with van der Waals surface area (Å²) in [5.41, 5.74) is 5.63. The predicted octanol–water partition coefficient (Wildman–Crippen LogP) is 0.476. The fraction of sp³-hybridized carbons (Fsp3) is 0.538. The van der Waals surface area contributed by atoms with Crippen LogP contribution >= 0.6 is 0 Å². The third kappa shape index (κ3) is 6.33. The van der Waals surface area contributed by atoms with Gasteiger partial charge in [-0.15, -0.1) is 0 Å². The van der Waals surface area contributed by atoms with E-state index in [1.165, 1.54) is 7.11 Å². The van der Waals surface area contributed by atoms with Crippen LogP contribution in [0.4, 0.5) is 5.69 Å². The van der Waals surface area contributed by atoms with Gasteiger partial charge in [-0.05, 0) is 24.6 Å². The molecule has 1 rings (SSSR count). The number of aliphatic hydroxyl groups is 1. The van der Waals surface area contributed by atoms with Gasteiger partial charge in [0, 0.05) is 32.4 Å². The zero-order valence-electron chi connectivity index (χ0n) is 11.8. The van der Waals surface area contributed by atoms with Crippen molar-refractivity contribution in [2.24, 2.45) is 0 Å². The summed E-state index contributed by atoms with van der Waals surface area (Å²) in [5.74, 6) is -0.145. The molecule has 0 amide bonds. The van der Waals surface area contributed by atoms with Crippen molar-refractivity contribution in [2.45, 2.75) is 24.7 Å². The van der Waals surface area contributed by atoms with Gasteiger partial charge in [-0.2, -0.15) is 0 Å². The Bertz CT molecular complexity index is 512. The van der Waals surface area contributed by atoms with Crippen LogP contribution in [0.1, 0.15) is 18.9 Å². The summed E-state index contributed by atoms with van der Waals surface area (Å²) >= 11 is 0. The van der Waals surface area contributed by atoms with E-state index < -0.39 is 15.6 Å². The van der Waals surface area contributed by atoms with Crippen LogP contribution in [-0.4, -0.2) is 39.4 Å². The molecular formula is C13H22N2O4S. The average molecular weight is 302 g/mol. The fourth-order valence-corrected chi connectivity index (χ4v) is 2.82. The lowest BCUT2D eigenvalue weighted by Crippen LogP contribution is -2.41. The van der Waals surface area contributed by atoms with Crippen molar-refractivity contribution in [1.29, 1.82) is 0 Å². The van der Waals surface area contributed by atoms with Gasteiger partial charge in [-0.3, -0.25) is 0 Å². The van der Waals surface area contributed by atoms with Crippen LogP contribution in [0, 0.1) is 0 Å². The van der Waals surface area contributed by atoms with E-state index in [0.29, 0.717) is 24.3 Å². The Labute approximate surface area is 120 Å². The van der Waals surface area contributed by atoms with Crippen LogP contribution in [-0.2, 0) is 20.5 Å². The molecule has 0 heterocycles. The summed E-state index contributed by atoms with van der Waals surface area (Å²) in [7, 11) is -1.97. The van der Waals surface area contributed by atoms with Crippen LogP contribution < -0.4 is 10.5 Å². The largest absolute Gasteiger partial charge is 0.399 e. The molecule has 6 nitrogen and oxygen atoms in total. The number of hydrogen-bond acceptors (Lipinski definition) is 5. The van der Waals surface area contributed by atoms with Crippen LogP contribution in [0.2, 0.25) is 0 Å². The highest BCUT2D eigenvalue weighted by molar-refractivity contribution is 7.88. The van der Waals surface area contributed by atoms with Crippen molar-refractivity contribution in [3.8, 4) is 0 Å². The molecule has 0 saturated carbocycles. The molecule has 0 radical (unpaired) electrons. The molecule has 0 aliphatic rings. The standard InChI is InChI=1S/C13H22N2O4S/c1-13(16,7-8-19-2)10-15-20(17,18)9-11-3-5-12(14)6-4-11/h3-6,15-16H,7-10,14H2,1-2H3. The number of ether oxygens (including phenoxy) is 1. The lowest BCUT2D eigenvalue weighted by atomic mass is 10.0. The van der Waals surface area contributed by atoms with Gasteiger partial charge in [0.25, 0.3) is 0 Å². The Kier molecular flexibility index (Phi) is 5.94. The summed E-state index contributed by atoms with van der Waals surface area (Å²) in [4.78, 5) is 0. The lowest BCUT2D eigenvalue weighted by molar-refractivity contribution is 0.0292. The van der Waals surface area contributed by atoms with Gasteiger partial charge in [0.2, 0.25) is 10.0 Å². The van der Waals surface area contributed by atoms with E-state index in [1.54, 1.807) is 31.2 Å². The quantitative estimate of drug-likeness (QED) is 0.606. The monoisotopic (exact) mass is 302 g/mol. The number of rotatable bonds is 8. The molecule has 0 aliphatic carbocycles. The maximum absolute atomic E-state index is 11.9. The van der Waals surface area contributed by atoms with Gasteiger partial charge in [0.1, 0.15) is 0 Å². The first-order valence-corrected chi connectivity index (χ1v) is 7.92. The fourth-order valence-electron chi connectivity index (χ4n) is 1.56. The normalized spacial score (nSPS) is 14.9. The average Bonchev–Trinajstić information content (AvgIpc) is 2.37. The molecule has 0 spiro atoms. The van der Waals surface area contributed by atoms with Crippen molar-refractivity contribution in [2.75, 3.05) is 26.0 Å². The molecule has 1 aromatic rings. The number of nitrogen functional groups attached to an aromatic ring is 1. The number of benzene rings is 1. The number of nitrogens with two attached hydrogens (primary N) is 1. The second kappa shape index (κ2) is 7.03.